The minimum Gasteiger partial charge on any atom is -0.423 e. The molecule has 0 atom stereocenters. The number of carbonyl (C=O) groups excluding carboxylic acids is 1. The molecule has 0 N–H and O–H groups in total. The van der Waals surface area contributed by atoms with Crippen LogP contribution in [0.5, 0.6) is 5.75 Å². The molecule has 0 fully saturated rings. The Bertz CT molecular complexity index is 895. The van der Waals surface area contributed by atoms with E-state index >= 15 is 0 Å². The van der Waals surface area contributed by atoms with Crippen LogP contribution in [0.25, 0.3) is 0 Å². The number of rotatable bonds is 6. The van der Waals surface area contributed by atoms with Crippen molar-refractivity contribution in [3.8, 4) is 11.8 Å². The third kappa shape index (κ3) is 4.24. The van der Waals surface area contributed by atoms with Gasteiger partial charge < -0.3 is 4.74 Å². The van der Waals surface area contributed by atoms with Crippen LogP contribution >= 0.6 is 0 Å². The van der Waals surface area contributed by atoms with Gasteiger partial charge in [0.1, 0.15) is 5.75 Å². The zero-order valence-corrected chi connectivity index (χ0v) is 14.8. The van der Waals surface area contributed by atoms with Crippen molar-refractivity contribution >= 4 is 16.0 Å². The maximum Gasteiger partial charge on any atom is 0.343 e. The van der Waals surface area contributed by atoms with E-state index in [9.17, 15) is 13.2 Å². The molecule has 0 spiro atoms. The average molecular weight is 358 g/mol. The summed E-state index contributed by atoms with van der Waals surface area (Å²) < 4.78 is 31.4. The molecule has 2 aromatic rings. The lowest BCUT2D eigenvalue weighted by Gasteiger charge is -2.18. The second-order valence-corrected chi connectivity index (χ2v) is 7.08. The quantitative estimate of drug-likeness (QED) is 0.585. The van der Waals surface area contributed by atoms with E-state index in [0.29, 0.717) is 18.7 Å². The molecule has 0 amide bonds. The molecule has 0 aromatic heterocycles. The predicted octanol–water partition coefficient (Wildman–Crippen LogP) is 2.81. The molecule has 0 saturated heterocycles. The molecule has 130 valence electrons. The van der Waals surface area contributed by atoms with E-state index < -0.39 is 16.0 Å². The molecule has 0 unspecified atom stereocenters. The van der Waals surface area contributed by atoms with Gasteiger partial charge >= 0.3 is 5.97 Å². The van der Waals surface area contributed by atoms with Crippen LogP contribution in [0.4, 0.5) is 0 Å². The molecule has 0 aliphatic heterocycles. The zero-order valence-electron chi connectivity index (χ0n) is 14.0. The number of carbonyl (C=O) groups is 1. The normalized spacial score (nSPS) is 11.1. The van der Waals surface area contributed by atoms with E-state index in [1.807, 2.05) is 6.07 Å². The summed E-state index contributed by atoms with van der Waals surface area (Å²) in [7, 11) is -3.57. The highest BCUT2D eigenvalue weighted by Crippen LogP contribution is 2.18. The molecule has 0 aliphatic rings. The lowest BCUT2D eigenvalue weighted by molar-refractivity contribution is 0.0734. The Morgan fingerprint density at radius 1 is 1.12 bits per heavy atom. The summed E-state index contributed by atoms with van der Waals surface area (Å²) in [6.07, 6.45) is 0. The van der Waals surface area contributed by atoms with Gasteiger partial charge in [-0.2, -0.15) is 9.57 Å². The molecular weight excluding hydrogens is 340 g/mol. The third-order valence-electron chi connectivity index (χ3n) is 3.61. The van der Waals surface area contributed by atoms with Crippen molar-refractivity contribution in [2.24, 2.45) is 0 Å². The number of ether oxygens (including phenoxy) is 1. The maximum absolute atomic E-state index is 12.4. The lowest BCUT2D eigenvalue weighted by Crippen LogP contribution is -2.30. The standard InChI is InChI=1S/C18H18N2O4S/c1-3-20(4-2)25(22,23)17-10-8-15(9-11-17)18(21)24-16-7-5-6-14(12-16)13-19/h5-12H,3-4H2,1-2H3. The van der Waals surface area contributed by atoms with Crippen molar-refractivity contribution in [1.82, 2.24) is 4.31 Å². The first kappa shape index (κ1) is 18.6. The van der Waals surface area contributed by atoms with Crippen molar-refractivity contribution in [2.75, 3.05) is 13.1 Å². The molecule has 0 aliphatic carbocycles. The van der Waals surface area contributed by atoms with Crippen LogP contribution in [0.1, 0.15) is 29.8 Å². The molecule has 2 aromatic carbocycles. The first-order valence-electron chi connectivity index (χ1n) is 7.75. The van der Waals surface area contributed by atoms with Gasteiger partial charge in [0.25, 0.3) is 0 Å². The number of nitriles is 1. The van der Waals surface area contributed by atoms with Gasteiger partial charge in [-0.25, -0.2) is 13.2 Å². The average Bonchev–Trinajstić information content (AvgIpc) is 2.62. The SMILES string of the molecule is CCN(CC)S(=O)(=O)c1ccc(C(=O)Oc2cccc(C#N)c2)cc1. The van der Waals surface area contributed by atoms with Gasteiger partial charge in [0.15, 0.2) is 0 Å². The first-order chi connectivity index (χ1) is 11.9. The Morgan fingerprint density at radius 2 is 1.76 bits per heavy atom. The molecular formula is C18H18N2O4S. The van der Waals surface area contributed by atoms with Crippen LogP contribution in [-0.2, 0) is 10.0 Å². The van der Waals surface area contributed by atoms with Gasteiger partial charge in [-0.1, -0.05) is 19.9 Å². The summed E-state index contributed by atoms with van der Waals surface area (Å²) in [5.74, 6) is -0.370. The van der Waals surface area contributed by atoms with Gasteiger partial charge in [0.05, 0.1) is 22.1 Å². The van der Waals surface area contributed by atoms with E-state index in [1.54, 1.807) is 32.0 Å². The fourth-order valence-electron chi connectivity index (χ4n) is 2.27. The van der Waals surface area contributed by atoms with Crippen LogP contribution in [-0.4, -0.2) is 31.8 Å². The highest BCUT2D eigenvalue weighted by molar-refractivity contribution is 7.89. The molecule has 0 heterocycles. The number of sulfonamides is 1. The van der Waals surface area contributed by atoms with Crippen molar-refractivity contribution < 1.29 is 17.9 Å². The third-order valence-corrected chi connectivity index (χ3v) is 5.67. The van der Waals surface area contributed by atoms with E-state index in [4.69, 9.17) is 10.00 Å². The summed E-state index contributed by atoms with van der Waals surface area (Å²) in [5, 5.41) is 8.85. The number of hydrogen-bond acceptors (Lipinski definition) is 5. The summed E-state index contributed by atoms with van der Waals surface area (Å²) in [4.78, 5) is 12.3. The largest absolute Gasteiger partial charge is 0.423 e. The van der Waals surface area contributed by atoms with E-state index in [0.717, 1.165) is 0 Å². The van der Waals surface area contributed by atoms with Gasteiger partial charge in [0, 0.05) is 13.1 Å². The van der Waals surface area contributed by atoms with Crippen LogP contribution in [0.15, 0.2) is 53.4 Å². The van der Waals surface area contributed by atoms with Gasteiger partial charge in [-0.15, -0.1) is 0 Å². The zero-order chi connectivity index (χ0) is 18.4. The molecule has 0 bridgehead atoms. The Labute approximate surface area is 147 Å². The van der Waals surface area contributed by atoms with Crippen molar-refractivity contribution in [1.29, 1.82) is 5.26 Å². The summed E-state index contributed by atoms with van der Waals surface area (Å²) in [6.45, 7) is 4.28. The minimum absolute atomic E-state index is 0.124. The highest BCUT2D eigenvalue weighted by atomic mass is 32.2. The van der Waals surface area contributed by atoms with E-state index in [-0.39, 0.29) is 16.2 Å². The monoisotopic (exact) mass is 358 g/mol. The van der Waals surface area contributed by atoms with Crippen molar-refractivity contribution in [2.45, 2.75) is 18.7 Å². The fourth-order valence-corrected chi connectivity index (χ4v) is 3.73. The smallest absolute Gasteiger partial charge is 0.343 e. The number of hydrogen-bond donors (Lipinski definition) is 0. The first-order valence-corrected chi connectivity index (χ1v) is 9.19. The Balaban J connectivity index is 2.19. The van der Waals surface area contributed by atoms with Crippen LogP contribution < -0.4 is 4.74 Å². The van der Waals surface area contributed by atoms with Crippen LogP contribution in [0.2, 0.25) is 0 Å². The molecule has 6 nitrogen and oxygen atoms in total. The van der Waals surface area contributed by atoms with Gasteiger partial charge in [-0.3, -0.25) is 0 Å². The summed E-state index contributed by atoms with van der Waals surface area (Å²) >= 11 is 0. The van der Waals surface area contributed by atoms with E-state index in [1.165, 1.54) is 34.6 Å². The topological polar surface area (TPSA) is 87.5 Å². The van der Waals surface area contributed by atoms with Crippen molar-refractivity contribution in [3.05, 3.63) is 59.7 Å². The Hall–Kier alpha value is -2.69. The Kier molecular flexibility index (Phi) is 5.91. The summed E-state index contributed by atoms with van der Waals surface area (Å²) in [5.41, 5.74) is 0.604. The molecule has 7 heteroatoms. The van der Waals surface area contributed by atoms with Crippen LogP contribution in [0.3, 0.4) is 0 Å². The molecule has 25 heavy (non-hydrogen) atoms. The number of nitrogens with zero attached hydrogens (tertiary/aromatic N) is 2. The number of esters is 1. The lowest BCUT2D eigenvalue weighted by atomic mass is 10.2. The predicted molar refractivity (Wildman–Crippen MR) is 92.7 cm³/mol. The van der Waals surface area contributed by atoms with Crippen LogP contribution in [0, 0.1) is 11.3 Å². The number of benzene rings is 2. The highest BCUT2D eigenvalue weighted by Gasteiger charge is 2.21. The molecule has 0 radical (unpaired) electrons. The van der Waals surface area contributed by atoms with E-state index in [2.05, 4.69) is 0 Å². The van der Waals surface area contributed by atoms with Gasteiger partial charge in [0.2, 0.25) is 10.0 Å². The summed E-state index contributed by atoms with van der Waals surface area (Å²) in [6, 6.07) is 13.8. The van der Waals surface area contributed by atoms with Crippen molar-refractivity contribution in [3.63, 3.8) is 0 Å². The van der Waals surface area contributed by atoms with Gasteiger partial charge in [-0.05, 0) is 42.5 Å². The Morgan fingerprint density at radius 3 is 2.32 bits per heavy atom. The second kappa shape index (κ2) is 7.92. The molecule has 0 saturated carbocycles. The minimum atomic E-state index is -3.57. The second-order valence-electron chi connectivity index (χ2n) is 5.14. The fraction of sp³-hybridized carbons (Fsp3) is 0.222. The molecule has 2 rings (SSSR count). The maximum atomic E-state index is 12.4.